The van der Waals surface area contributed by atoms with Gasteiger partial charge in [0.25, 0.3) is 0 Å². The number of hydrogen-bond acceptors (Lipinski definition) is 2. The molecule has 0 saturated carbocycles. The molecule has 8 rings (SSSR count). The fourth-order valence-electron chi connectivity index (χ4n) is 6.47. The van der Waals surface area contributed by atoms with Crippen LogP contribution < -0.4 is 5.43 Å². The molecule has 1 aromatic heterocycles. The Kier molecular flexibility index (Phi) is 4.75. The second-order valence-electron chi connectivity index (χ2n) is 11.3. The van der Waals surface area contributed by atoms with Gasteiger partial charge < -0.3 is 4.42 Å². The molecule has 40 heavy (non-hydrogen) atoms. The molecule has 0 amide bonds. The second kappa shape index (κ2) is 8.27. The maximum absolute atomic E-state index is 13.2. The van der Waals surface area contributed by atoms with Crippen molar-refractivity contribution in [3.8, 4) is 33.4 Å². The first kappa shape index (κ1) is 23.0. The van der Waals surface area contributed by atoms with E-state index in [0.29, 0.717) is 21.9 Å². The van der Waals surface area contributed by atoms with Crippen LogP contribution >= 0.6 is 0 Å². The Bertz CT molecular complexity index is 2210. The molecule has 0 N–H and O–H groups in total. The van der Waals surface area contributed by atoms with Gasteiger partial charge >= 0.3 is 0 Å². The Morgan fingerprint density at radius 3 is 1.88 bits per heavy atom. The summed E-state index contributed by atoms with van der Waals surface area (Å²) in [5, 5.41) is 3.57. The van der Waals surface area contributed by atoms with Crippen molar-refractivity contribution < 1.29 is 4.42 Å². The van der Waals surface area contributed by atoms with Gasteiger partial charge in [0, 0.05) is 5.41 Å². The molecule has 2 nitrogen and oxygen atoms in total. The molecule has 1 aliphatic rings. The number of para-hydroxylation sites is 1. The molecular weight excluding hydrogens is 488 g/mol. The smallest absolute Gasteiger partial charge is 0.200 e. The van der Waals surface area contributed by atoms with Crippen molar-refractivity contribution in [1.82, 2.24) is 0 Å². The Morgan fingerprint density at radius 1 is 0.500 bits per heavy atom. The SMILES string of the molecule is CC1(C)c2ccccc2-c2ccc(-c3ccc4cc(-c5ccc6oc7ccccc7c(=O)c6c5)ccc4c3)cc21. The lowest BCUT2D eigenvalue weighted by Crippen LogP contribution is -2.14. The predicted molar refractivity (Wildman–Crippen MR) is 166 cm³/mol. The van der Waals surface area contributed by atoms with Gasteiger partial charge in [-0.25, -0.2) is 0 Å². The number of rotatable bonds is 2. The third-order valence-electron chi connectivity index (χ3n) is 8.67. The van der Waals surface area contributed by atoms with E-state index in [1.54, 1.807) is 0 Å². The van der Waals surface area contributed by atoms with Crippen LogP contribution in [0.2, 0.25) is 0 Å². The van der Waals surface area contributed by atoms with Crippen molar-refractivity contribution in [3.63, 3.8) is 0 Å². The van der Waals surface area contributed by atoms with E-state index in [0.717, 1.165) is 11.1 Å². The zero-order chi connectivity index (χ0) is 27.0. The van der Waals surface area contributed by atoms with Crippen LogP contribution in [0.5, 0.6) is 0 Å². The summed E-state index contributed by atoms with van der Waals surface area (Å²) in [5.74, 6) is 0. The summed E-state index contributed by atoms with van der Waals surface area (Å²) < 4.78 is 6.00. The maximum Gasteiger partial charge on any atom is 0.200 e. The van der Waals surface area contributed by atoms with E-state index in [1.165, 1.54) is 44.2 Å². The molecule has 0 bridgehead atoms. The summed E-state index contributed by atoms with van der Waals surface area (Å²) in [7, 11) is 0. The highest BCUT2D eigenvalue weighted by Crippen LogP contribution is 2.49. The number of fused-ring (bicyclic) bond motifs is 6. The highest BCUT2D eigenvalue weighted by molar-refractivity contribution is 5.95. The first-order valence-electron chi connectivity index (χ1n) is 13.7. The molecule has 2 heteroatoms. The minimum atomic E-state index is -0.0168. The van der Waals surface area contributed by atoms with Gasteiger partial charge in [0.1, 0.15) is 11.2 Å². The summed E-state index contributed by atoms with van der Waals surface area (Å²) in [6.45, 7) is 4.64. The molecule has 7 aromatic rings. The Hall–Kier alpha value is -4.95. The summed E-state index contributed by atoms with van der Waals surface area (Å²) in [4.78, 5) is 13.2. The second-order valence-corrected chi connectivity index (χ2v) is 11.3. The largest absolute Gasteiger partial charge is 0.456 e. The Morgan fingerprint density at radius 2 is 1.07 bits per heavy atom. The molecule has 0 spiro atoms. The summed E-state index contributed by atoms with van der Waals surface area (Å²) >= 11 is 0. The molecule has 0 unspecified atom stereocenters. The normalized spacial score (nSPS) is 13.6. The molecule has 190 valence electrons. The lowest BCUT2D eigenvalue weighted by atomic mass is 9.81. The monoisotopic (exact) mass is 514 g/mol. The minimum Gasteiger partial charge on any atom is -0.456 e. The van der Waals surface area contributed by atoms with Crippen molar-refractivity contribution in [1.29, 1.82) is 0 Å². The van der Waals surface area contributed by atoms with Crippen molar-refractivity contribution in [2.24, 2.45) is 0 Å². The van der Waals surface area contributed by atoms with E-state index in [4.69, 9.17) is 4.42 Å². The zero-order valence-electron chi connectivity index (χ0n) is 22.4. The topological polar surface area (TPSA) is 30.2 Å². The van der Waals surface area contributed by atoms with Crippen molar-refractivity contribution >= 4 is 32.7 Å². The molecule has 6 aromatic carbocycles. The van der Waals surface area contributed by atoms with Crippen LogP contribution in [0.25, 0.3) is 66.1 Å². The maximum atomic E-state index is 13.2. The van der Waals surface area contributed by atoms with E-state index < -0.39 is 0 Å². The molecule has 1 aliphatic carbocycles. The van der Waals surface area contributed by atoms with Gasteiger partial charge in [-0.2, -0.15) is 0 Å². The van der Waals surface area contributed by atoms with E-state index >= 15 is 0 Å². The fraction of sp³-hybridized carbons (Fsp3) is 0.0789. The molecule has 0 saturated heterocycles. The average molecular weight is 515 g/mol. The van der Waals surface area contributed by atoms with E-state index in [1.807, 2.05) is 42.5 Å². The van der Waals surface area contributed by atoms with Crippen LogP contribution in [-0.4, -0.2) is 0 Å². The molecular formula is C38H26O2. The first-order valence-corrected chi connectivity index (χ1v) is 13.7. The quantitative estimate of drug-likeness (QED) is 0.215. The van der Waals surface area contributed by atoms with Crippen LogP contribution in [0.3, 0.4) is 0 Å². The number of hydrogen-bond donors (Lipinski definition) is 0. The van der Waals surface area contributed by atoms with Gasteiger partial charge in [-0.05, 0) is 97.7 Å². The van der Waals surface area contributed by atoms with Crippen LogP contribution in [-0.2, 0) is 5.41 Å². The van der Waals surface area contributed by atoms with Gasteiger partial charge in [0.05, 0.1) is 10.8 Å². The van der Waals surface area contributed by atoms with Crippen LogP contribution in [0.1, 0.15) is 25.0 Å². The molecule has 0 fully saturated rings. The highest BCUT2D eigenvalue weighted by atomic mass is 16.3. The summed E-state index contributed by atoms with van der Waals surface area (Å²) in [6, 6.07) is 42.2. The molecule has 0 atom stereocenters. The van der Waals surface area contributed by atoms with Crippen molar-refractivity contribution in [2.45, 2.75) is 19.3 Å². The molecule has 0 aliphatic heterocycles. The van der Waals surface area contributed by atoms with Gasteiger partial charge in [-0.3, -0.25) is 4.79 Å². The van der Waals surface area contributed by atoms with Crippen molar-refractivity contribution in [2.75, 3.05) is 0 Å². The highest BCUT2D eigenvalue weighted by Gasteiger charge is 2.35. The molecule has 0 radical (unpaired) electrons. The van der Waals surface area contributed by atoms with E-state index in [-0.39, 0.29) is 10.8 Å². The zero-order valence-corrected chi connectivity index (χ0v) is 22.4. The van der Waals surface area contributed by atoms with Gasteiger partial charge in [0.2, 0.25) is 5.43 Å². The average Bonchev–Trinajstić information content (AvgIpc) is 3.22. The van der Waals surface area contributed by atoms with Crippen LogP contribution in [0, 0.1) is 0 Å². The molecule has 1 heterocycles. The minimum absolute atomic E-state index is 0.00440. The standard InChI is InChI=1S/C38H26O2/c1-38(2)33-9-5-3-7-29(33)30-17-15-28(22-34(30)38)26-14-12-23-19-25(13-11-24(23)20-26)27-16-18-36-32(21-27)37(39)31-8-4-6-10-35(31)40-36/h3-22H,1-2H3. The van der Waals surface area contributed by atoms with Crippen LogP contribution in [0.4, 0.5) is 0 Å². The summed E-state index contributed by atoms with van der Waals surface area (Å²) in [5.41, 5.74) is 11.2. The lowest BCUT2D eigenvalue weighted by molar-refractivity contribution is 0.660. The first-order chi connectivity index (χ1) is 19.5. The van der Waals surface area contributed by atoms with Gasteiger partial charge in [-0.15, -0.1) is 0 Å². The lowest BCUT2D eigenvalue weighted by Gasteiger charge is -2.22. The third-order valence-corrected chi connectivity index (χ3v) is 8.67. The van der Waals surface area contributed by atoms with Gasteiger partial charge in [-0.1, -0.05) is 92.7 Å². The number of benzene rings is 6. The Labute approximate surface area is 232 Å². The summed E-state index contributed by atoms with van der Waals surface area (Å²) in [6.07, 6.45) is 0. The van der Waals surface area contributed by atoms with Gasteiger partial charge in [0.15, 0.2) is 0 Å². The Balaban J connectivity index is 1.18. The third kappa shape index (κ3) is 3.32. The van der Waals surface area contributed by atoms with E-state index in [9.17, 15) is 4.79 Å². The van der Waals surface area contributed by atoms with E-state index in [2.05, 4.69) is 92.7 Å². The van der Waals surface area contributed by atoms with Crippen LogP contribution in [0.15, 0.2) is 131 Å². The van der Waals surface area contributed by atoms with Crippen molar-refractivity contribution in [3.05, 3.63) is 143 Å². The predicted octanol–water partition coefficient (Wildman–Crippen LogP) is 9.74. The fourth-order valence-corrected chi connectivity index (χ4v) is 6.47.